The first-order valence-electron chi connectivity index (χ1n) is 6.89. The van der Waals surface area contributed by atoms with Crippen LogP contribution in [0.5, 0.6) is 5.88 Å². The third-order valence-electron chi connectivity index (χ3n) is 3.34. The van der Waals surface area contributed by atoms with Crippen LogP contribution in [0.25, 0.3) is 0 Å². The number of aromatic nitrogens is 2. The van der Waals surface area contributed by atoms with E-state index in [1.54, 1.807) is 12.3 Å². The molecule has 4 heteroatoms. The van der Waals surface area contributed by atoms with Gasteiger partial charge in [-0.2, -0.15) is 4.98 Å². The first-order valence-corrected chi connectivity index (χ1v) is 6.89. The number of hydrogen-bond donors (Lipinski definition) is 1. The van der Waals surface area contributed by atoms with Crippen LogP contribution in [0.1, 0.15) is 46.5 Å². The first-order chi connectivity index (χ1) is 8.63. The van der Waals surface area contributed by atoms with E-state index >= 15 is 0 Å². The molecule has 100 valence electrons. The van der Waals surface area contributed by atoms with Crippen molar-refractivity contribution in [3.8, 4) is 5.88 Å². The van der Waals surface area contributed by atoms with E-state index in [1.807, 2.05) is 13.8 Å². The third-order valence-corrected chi connectivity index (χ3v) is 3.34. The molecule has 1 saturated carbocycles. The van der Waals surface area contributed by atoms with Crippen molar-refractivity contribution in [2.24, 2.45) is 5.92 Å². The molecule has 0 atom stereocenters. The van der Waals surface area contributed by atoms with Gasteiger partial charge in [-0.25, -0.2) is 4.98 Å². The van der Waals surface area contributed by atoms with Crippen molar-refractivity contribution in [3.05, 3.63) is 12.3 Å². The molecule has 1 heterocycles. The van der Waals surface area contributed by atoms with Gasteiger partial charge in [-0.15, -0.1) is 0 Å². The van der Waals surface area contributed by atoms with Gasteiger partial charge in [0.05, 0.1) is 6.10 Å². The fraction of sp³-hybridized carbons (Fsp3) is 0.714. The van der Waals surface area contributed by atoms with E-state index in [2.05, 4.69) is 22.2 Å². The number of hydrogen-bond acceptors (Lipinski definition) is 4. The predicted molar refractivity (Wildman–Crippen MR) is 72.8 cm³/mol. The fourth-order valence-corrected chi connectivity index (χ4v) is 2.31. The summed E-state index contributed by atoms with van der Waals surface area (Å²) in [5.74, 6) is 2.19. The van der Waals surface area contributed by atoms with Crippen LogP contribution in [0.4, 0.5) is 5.95 Å². The lowest BCUT2D eigenvalue weighted by atomic mass is 9.87. The van der Waals surface area contributed by atoms with Gasteiger partial charge in [0, 0.05) is 18.3 Å². The molecular weight excluding hydrogens is 226 g/mol. The van der Waals surface area contributed by atoms with E-state index < -0.39 is 0 Å². The minimum Gasteiger partial charge on any atom is -0.475 e. The molecule has 1 fully saturated rings. The Balaban J connectivity index is 1.92. The van der Waals surface area contributed by atoms with Crippen LogP contribution in [-0.4, -0.2) is 22.1 Å². The van der Waals surface area contributed by atoms with Crippen molar-refractivity contribution in [2.75, 3.05) is 5.32 Å². The molecule has 1 aromatic heterocycles. The second kappa shape index (κ2) is 6.03. The summed E-state index contributed by atoms with van der Waals surface area (Å²) in [6, 6.07) is 2.31. The maximum absolute atomic E-state index is 5.57. The van der Waals surface area contributed by atoms with Crippen LogP contribution >= 0.6 is 0 Å². The van der Waals surface area contributed by atoms with Crippen LogP contribution in [0.2, 0.25) is 0 Å². The second-order valence-corrected chi connectivity index (χ2v) is 5.49. The molecule has 1 aliphatic carbocycles. The van der Waals surface area contributed by atoms with E-state index in [-0.39, 0.29) is 6.10 Å². The highest BCUT2D eigenvalue weighted by Gasteiger charge is 2.18. The van der Waals surface area contributed by atoms with E-state index in [9.17, 15) is 0 Å². The maximum Gasteiger partial charge on any atom is 0.226 e. The number of ether oxygens (including phenoxy) is 1. The monoisotopic (exact) mass is 249 g/mol. The third kappa shape index (κ3) is 3.86. The Labute approximate surface area is 109 Å². The Morgan fingerprint density at radius 3 is 2.67 bits per heavy atom. The number of rotatable bonds is 4. The van der Waals surface area contributed by atoms with Gasteiger partial charge in [0.25, 0.3) is 0 Å². The molecule has 2 rings (SSSR count). The van der Waals surface area contributed by atoms with Crippen molar-refractivity contribution in [1.82, 2.24) is 9.97 Å². The Hall–Kier alpha value is -1.32. The van der Waals surface area contributed by atoms with Crippen molar-refractivity contribution in [2.45, 2.75) is 58.6 Å². The highest BCUT2D eigenvalue weighted by atomic mass is 16.5. The Kier molecular flexibility index (Phi) is 4.39. The lowest BCUT2D eigenvalue weighted by Gasteiger charge is -2.26. The molecular formula is C14H23N3O. The largest absolute Gasteiger partial charge is 0.475 e. The lowest BCUT2D eigenvalue weighted by molar-refractivity contribution is 0.232. The zero-order valence-corrected chi connectivity index (χ0v) is 11.5. The SMILES string of the molecule is CC1CCC(Nc2nccc(OC(C)C)n2)CC1. The summed E-state index contributed by atoms with van der Waals surface area (Å²) in [6.45, 7) is 6.32. The maximum atomic E-state index is 5.57. The van der Waals surface area contributed by atoms with Gasteiger partial charge >= 0.3 is 0 Å². The molecule has 0 aromatic carbocycles. The van der Waals surface area contributed by atoms with Gasteiger partial charge < -0.3 is 10.1 Å². The van der Waals surface area contributed by atoms with Crippen LogP contribution < -0.4 is 10.1 Å². The normalized spacial score (nSPS) is 24.0. The van der Waals surface area contributed by atoms with Crippen molar-refractivity contribution < 1.29 is 4.74 Å². The van der Waals surface area contributed by atoms with Gasteiger partial charge in [0.15, 0.2) is 0 Å². The van der Waals surface area contributed by atoms with Crippen LogP contribution in [-0.2, 0) is 0 Å². The average Bonchev–Trinajstić information content (AvgIpc) is 2.32. The predicted octanol–water partition coefficient (Wildman–Crippen LogP) is 3.25. The van der Waals surface area contributed by atoms with Gasteiger partial charge in [-0.05, 0) is 45.4 Å². The second-order valence-electron chi connectivity index (χ2n) is 5.49. The summed E-state index contributed by atoms with van der Waals surface area (Å²) in [5.41, 5.74) is 0. The summed E-state index contributed by atoms with van der Waals surface area (Å²) in [7, 11) is 0. The number of nitrogens with one attached hydrogen (secondary N) is 1. The molecule has 1 N–H and O–H groups in total. The fourth-order valence-electron chi connectivity index (χ4n) is 2.31. The summed E-state index contributed by atoms with van der Waals surface area (Å²) < 4.78 is 5.57. The van der Waals surface area contributed by atoms with Crippen LogP contribution in [0.3, 0.4) is 0 Å². The van der Waals surface area contributed by atoms with Crippen LogP contribution in [0, 0.1) is 5.92 Å². The van der Waals surface area contributed by atoms with Gasteiger partial charge in [-0.3, -0.25) is 0 Å². The average molecular weight is 249 g/mol. The van der Waals surface area contributed by atoms with E-state index in [0.717, 1.165) is 5.92 Å². The topological polar surface area (TPSA) is 47.0 Å². The highest BCUT2D eigenvalue weighted by molar-refractivity contribution is 5.29. The summed E-state index contributed by atoms with van der Waals surface area (Å²) in [4.78, 5) is 8.64. The smallest absolute Gasteiger partial charge is 0.226 e. The molecule has 0 spiro atoms. The molecule has 1 aliphatic rings. The Morgan fingerprint density at radius 1 is 1.28 bits per heavy atom. The lowest BCUT2D eigenvalue weighted by Crippen LogP contribution is -2.26. The number of nitrogens with zero attached hydrogens (tertiary/aromatic N) is 2. The Bertz CT molecular complexity index is 373. The minimum absolute atomic E-state index is 0.142. The molecule has 0 saturated heterocycles. The molecule has 0 unspecified atom stereocenters. The van der Waals surface area contributed by atoms with Gasteiger partial charge in [0.1, 0.15) is 0 Å². The van der Waals surface area contributed by atoms with Crippen molar-refractivity contribution in [1.29, 1.82) is 0 Å². The summed E-state index contributed by atoms with van der Waals surface area (Å²) in [5, 5.41) is 3.41. The van der Waals surface area contributed by atoms with Crippen LogP contribution in [0.15, 0.2) is 12.3 Å². The van der Waals surface area contributed by atoms with Crippen molar-refractivity contribution in [3.63, 3.8) is 0 Å². The van der Waals surface area contributed by atoms with E-state index in [0.29, 0.717) is 17.9 Å². The van der Waals surface area contributed by atoms with E-state index in [1.165, 1.54) is 25.7 Å². The standard InChI is InChI=1S/C14H23N3O/c1-10(2)18-13-8-9-15-14(17-13)16-12-6-4-11(3)5-7-12/h8-12H,4-7H2,1-3H3,(H,15,16,17). The quantitative estimate of drug-likeness (QED) is 0.889. The van der Waals surface area contributed by atoms with E-state index in [4.69, 9.17) is 4.74 Å². The summed E-state index contributed by atoms with van der Waals surface area (Å²) >= 11 is 0. The highest BCUT2D eigenvalue weighted by Crippen LogP contribution is 2.25. The first kappa shape index (κ1) is 13.1. The molecule has 0 bridgehead atoms. The zero-order valence-electron chi connectivity index (χ0n) is 11.5. The Morgan fingerprint density at radius 2 is 2.00 bits per heavy atom. The molecule has 0 radical (unpaired) electrons. The zero-order chi connectivity index (χ0) is 13.0. The molecule has 18 heavy (non-hydrogen) atoms. The van der Waals surface area contributed by atoms with Gasteiger partial charge in [-0.1, -0.05) is 6.92 Å². The van der Waals surface area contributed by atoms with Crippen molar-refractivity contribution >= 4 is 5.95 Å². The molecule has 4 nitrogen and oxygen atoms in total. The summed E-state index contributed by atoms with van der Waals surface area (Å²) in [6.07, 6.45) is 6.89. The molecule has 0 aliphatic heterocycles. The molecule has 1 aromatic rings. The minimum atomic E-state index is 0.142. The number of anilines is 1. The molecule has 0 amide bonds. The van der Waals surface area contributed by atoms with Gasteiger partial charge in [0.2, 0.25) is 11.8 Å².